The zero-order chi connectivity index (χ0) is 14.3. The summed E-state index contributed by atoms with van der Waals surface area (Å²) < 4.78 is 6.96. The van der Waals surface area contributed by atoms with Gasteiger partial charge in [0.25, 0.3) is 5.89 Å². The Balaban J connectivity index is 1.79. The van der Waals surface area contributed by atoms with E-state index in [1.54, 1.807) is 17.9 Å². The van der Waals surface area contributed by atoms with Gasteiger partial charge in [-0.2, -0.15) is 10.1 Å². The molecule has 0 saturated heterocycles. The van der Waals surface area contributed by atoms with Crippen LogP contribution in [0.5, 0.6) is 0 Å². The third-order valence-electron chi connectivity index (χ3n) is 4.36. The van der Waals surface area contributed by atoms with E-state index in [9.17, 15) is 0 Å². The third kappa shape index (κ3) is 2.30. The van der Waals surface area contributed by atoms with Gasteiger partial charge in [0.1, 0.15) is 11.4 Å². The van der Waals surface area contributed by atoms with E-state index in [2.05, 4.69) is 29.1 Å². The number of nitrogens with two attached hydrogens (primary N) is 1. The first-order valence-corrected chi connectivity index (χ1v) is 7.08. The molecule has 20 heavy (non-hydrogen) atoms. The van der Waals surface area contributed by atoms with Gasteiger partial charge in [-0.1, -0.05) is 19.0 Å². The highest BCUT2D eigenvalue weighted by Gasteiger charge is 2.30. The average Bonchev–Trinajstić information content (AvgIpc) is 2.98. The molecule has 0 aliphatic heterocycles. The molecule has 1 saturated carbocycles. The summed E-state index contributed by atoms with van der Waals surface area (Å²) in [5, 5.41) is 8.23. The Kier molecular flexibility index (Phi) is 3.03. The van der Waals surface area contributed by atoms with Crippen molar-refractivity contribution in [3.05, 3.63) is 12.0 Å². The zero-order valence-corrected chi connectivity index (χ0v) is 12.3. The maximum absolute atomic E-state index is 5.93. The van der Waals surface area contributed by atoms with Gasteiger partial charge < -0.3 is 10.3 Å². The molecule has 1 aliphatic carbocycles. The van der Waals surface area contributed by atoms with Gasteiger partial charge in [-0.3, -0.25) is 4.68 Å². The summed E-state index contributed by atoms with van der Waals surface area (Å²) in [5.74, 6) is 2.22. The monoisotopic (exact) mass is 275 g/mol. The molecule has 1 aliphatic rings. The van der Waals surface area contributed by atoms with Gasteiger partial charge in [0.2, 0.25) is 0 Å². The minimum absolute atomic E-state index is 0.401. The highest BCUT2D eigenvalue weighted by atomic mass is 16.5. The van der Waals surface area contributed by atoms with E-state index < -0.39 is 0 Å². The summed E-state index contributed by atoms with van der Waals surface area (Å²) in [6.07, 6.45) is 6.31. The van der Waals surface area contributed by atoms with Gasteiger partial charge in [0, 0.05) is 13.0 Å². The van der Waals surface area contributed by atoms with Crippen molar-refractivity contribution in [3.8, 4) is 11.5 Å². The summed E-state index contributed by atoms with van der Waals surface area (Å²) in [6, 6.07) is 0. The molecule has 0 spiro atoms. The molecule has 6 heteroatoms. The van der Waals surface area contributed by atoms with Crippen molar-refractivity contribution in [2.24, 2.45) is 12.5 Å². The van der Waals surface area contributed by atoms with E-state index in [0.29, 0.717) is 28.6 Å². The number of aromatic nitrogens is 4. The minimum Gasteiger partial charge on any atom is -0.383 e. The SMILES string of the molecule is Cn1ncc(-c2nc(C3CCC(C)(C)CC3)no2)c1N. The molecule has 6 nitrogen and oxygen atoms in total. The van der Waals surface area contributed by atoms with Crippen LogP contribution in [0.1, 0.15) is 51.3 Å². The second-order valence-electron chi connectivity index (χ2n) is 6.46. The molecule has 2 aromatic rings. The van der Waals surface area contributed by atoms with Crippen molar-refractivity contribution in [1.82, 2.24) is 19.9 Å². The summed E-state index contributed by atoms with van der Waals surface area (Å²) in [4.78, 5) is 4.51. The van der Waals surface area contributed by atoms with E-state index >= 15 is 0 Å². The van der Waals surface area contributed by atoms with Crippen molar-refractivity contribution < 1.29 is 4.52 Å². The number of anilines is 1. The molecule has 0 aromatic carbocycles. The average molecular weight is 275 g/mol. The van der Waals surface area contributed by atoms with Crippen LogP contribution in [0.3, 0.4) is 0 Å². The molecule has 0 atom stereocenters. The van der Waals surface area contributed by atoms with Crippen molar-refractivity contribution in [1.29, 1.82) is 0 Å². The van der Waals surface area contributed by atoms with Gasteiger partial charge in [-0.15, -0.1) is 0 Å². The lowest BCUT2D eigenvalue weighted by Gasteiger charge is -2.32. The maximum Gasteiger partial charge on any atom is 0.263 e. The normalized spacial score (nSPS) is 19.4. The number of nitrogens with zero attached hydrogens (tertiary/aromatic N) is 4. The van der Waals surface area contributed by atoms with E-state index in [4.69, 9.17) is 10.3 Å². The summed E-state index contributed by atoms with van der Waals surface area (Å²) in [6.45, 7) is 4.64. The second kappa shape index (κ2) is 4.61. The Morgan fingerprint density at radius 1 is 1.35 bits per heavy atom. The number of hydrogen-bond acceptors (Lipinski definition) is 5. The Bertz CT molecular complexity index is 603. The fourth-order valence-electron chi connectivity index (χ4n) is 2.78. The first-order valence-electron chi connectivity index (χ1n) is 7.08. The van der Waals surface area contributed by atoms with Crippen LogP contribution in [0, 0.1) is 5.41 Å². The largest absolute Gasteiger partial charge is 0.383 e. The second-order valence-corrected chi connectivity index (χ2v) is 6.46. The zero-order valence-electron chi connectivity index (χ0n) is 12.3. The van der Waals surface area contributed by atoms with Gasteiger partial charge in [-0.05, 0) is 31.1 Å². The fourth-order valence-corrected chi connectivity index (χ4v) is 2.78. The van der Waals surface area contributed by atoms with Crippen LogP contribution in [0.25, 0.3) is 11.5 Å². The molecule has 2 heterocycles. The standard InChI is InChI=1S/C14H21N5O/c1-14(2)6-4-9(5-7-14)12-17-13(20-18-12)10-8-16-19(3)11(10)15/h8-9H,4-7,15H2,1-3H3. The quantitative estimate of drug-likeness (QED) is 0.911. The van der Waals surface area contributed by atoms with Crippen LogP contribution >= 0.6 is 0 Å². The number of hydrogen-bond donors (Lipinski definition) is 1. The lowest BCUT2D eigenvalue weighted by molar-refractivity contribution is 0.218. The highest BCUT2D eigenvalue weighted by molar-refractivity contribution is 5.66. The Morgan fingerprint density at radius 3 is 2.65 bits per heavy atom. The number of nitrogen functional groups attached to an aromatic ring is 1. The lowest BCUT2D eigenvalue weighted by atomic mass is 9.73. The van der Waals surface area contributed by atoms with Crippen LogP contribution in [0.15, 0.2) is 10.7 Å². The maximum atomic E-state index is 5.93. The van der Waals surface area contributed by atoms with E-state index in [0.717, 1.165) is 18.7 Å². The molecule has 3 rings (SSSR count). The Hall–Kier alpha value is -1.85. The molecular formula is C14H21N5O. The van der Waals surface area contributed by atoms with Crippen LogP contribution in [0.2, 0.25) is 0 Å². The fraction of sp³-hybridized carbons (Fsp3) is 0.643. The van der Waals surface area contributed by atoms with Crippen molar-refractivity contribution in [2.45, 2.75) is 45.4 Å². The smallest absolute Gasteiger partial charge is 0.263 e. The molecule has 108 valence electrons. The van der Waals surface area contributed by atoms with Gasteiger partial charge in [0.15, 0.2) is 5.82 Å². The predicted octanol–water partition coefficient (Wildman–Crippen LogP) is 2.74. The lowest BCUT2D eigenvalue weighted by Crippen LogP contribution is -2.20. The molecule has 2 N–H and O–H groups in total. The predicted molar refractivity (Wildman–Crippen MR) is 75.9 cm³/mol. The molecule has 1 fully saturated rings. The van der Waals surface area contributed by atoms with Crippen molar-refractivity contribution in [2.75, 3.05) is 5.73 Å². The molecule has 2 aromatic heterocycles. The minimum atomic E-state index is 0.401. The summed E-state index contributed by atoms with van der Waals surface area (Å²) in [7, 11) is 1.79. The Labute approximate surface area is 118 Å². The van der Waals surface area contributed by atoms with Crippen LogP contribution in [0.4, 0.5) is 5.82 Å². The van der Waals surface area contributed by atoms with E-state index in [1.165, 1.54) is 12.8 Å². The summed E-state index contributed by atoms with van der Waals surface area (Å²) >= 11 is 0. The first kappa shape index (κ1) is 13.1. The Morgan fingerprint density at radius 2 is 2.05 bits per heavy atom. The third-order valence-corrected chi connectivity index (χ3v) is 4.36. The van der Waals surface area contributed by atoms with E-state index in [-0.39, 0.29) is 0 Å². The number of aryl methyl sites for hydroxylation is 1. The van der Waals surface area contributed by atoms with Crippen molar-refractivity contribution >= 4 is 5.82 Å². The topological polar surface area (TPSA) is 82.8 Å². The van der Waals surface area contributed by atoms with Crippen molar-refractivity contribution in [3.63, 3.8) is 0 Å². The highest BCUT2D eigenvalue weighted by Crippen LogP contribution is 2.41. The molecule has 0 bridgehead atoms. The molecule has 0 amide bonds. The molecular weight excluding hydrogens is 254 g/mol. The van der Waals surface area contributed by atoms with Crippen LogP contribution in [-0.4, -0.2) is 19.9 Å². The van der Waals surface area contributed by atoms with Gasteiger partial charge >= 0.3 is 0 Å². The molecule has 0 radical (unpaired) electrons. The molecule has 0 unspecified atom stereocenters. The van der Waals surface area contributed by atoms with E-state index in [1.807, 2.05) is 0 Å². The first-order chi connectivity index (χ1) is 9.46. The van der Waals surface area contributed by atoms with Gasteiger partial charge in [-0.25, -0.2) is 0 Å². The summed E-state index contributed by atoms with van der Waals surface area (Å²) in [5.41, 5.74) is 7.08. The van der Waals surface area contributed by atoms with Crippen LogP contribution < -0.4 is 5.73 Å². The van der Waals surface area contributed by atoms with Crippen LogP contribution in [-0.2, 0) is 7.05 Å². The van der Waals surface area contributed by atoms with Gasteiger partial charge in [0.05, 0.1) is 6.20 Å². The number of rotatable bonds is 2.